The first-order valence-corrected chi connectivity index (χ1v) is 26.5. The second-order valence-electron chi connectivity index (χ2n) is 20.7. The SMILES string of the molecule is c1ccc(-c2ccc(N(c3cccc(-c4ccc5c(c4)C4(c6ccccc6-5)c5ccccc5-n5c6ccccc6c6cccc4c65)c3)c3cccc4c3-c3ccccc3C4(c3ccccc3)c3ccccc3)cc2)cc1. The van der Waals surface area contributed by atoms with Crippen LogP contribution in [0.3, 0.4) is 0 Å². The minimum Gasteiger partial charge on any atom is -0.310 e. The Labute approximate surface area is 442 Å². The zero-order chi connectivity index (χ0) is 50.0. The lowest BCUT2D eigenvalue weighted by atomic mass is 9.65. The van der Waals surface area contributed by atoms with E-state index in [9.17, 15) is 0 Å². The van der Waals surface area contributed by atoms with Crippen LogP contribution in [-0.2, 0) is 10.8 Å². The van der Waals surface area contributed by atoms with Crippen LogP contribution in [0, 0.1) is 0 Å². The molecule has 354 valence electrons. The zero-order valence-corrected chi connectivity index (χ0v) is 41.6. The van der Waals surface area contributed by atoms with Gasteiger partial charge < -0.3 is 9.47 Å². The summed E-state index contributed by atoms with van der Waals surface area (Å²) in [5.74, 6) is 0. The summed E-state index contributed by atoms with van der Waals surface area (Å²) < 4.78 is 2.53. The van der Waals surface area contributed by atoms with Crippen LogP contribution in [0.1, 0.15) is 44.5 Å². The molecule has 1 atom stereocenters. The van der Waals surface area contributed by atoms with Gasteiger partial charge in [-0.3, -0.25) is 0 Å². The van der Waals surface area contributed by atoms with Crippen LogP contribution in [0.25, 0.3) is 72.0 Å². The molecule has 0 amide bonds. The third-order valence-corrected chi connectivity index (χ3v) is 17.1. The van der Waals surface area contributed by atoms with Crippen LogP contribution in [0.4, 0.5) is 17.1 Å². The van der Waals surface area contributed by atoms with E-state index in [2.05, 4.69) is 301 Å². The fourth-order valence-electron chi connectivity index (χ4n) is 14.1. The maximum atomic E-state index is 2.53. The van der Waals surface area contributed by atoms with E-state index in [0.717, 1.165) is 22.6 Å². The maximum absolute atomic E-state index is 2.53. The number of rotatable bonds is 7. The molecule has 2 aliphatic carbocycles. The van der Waals surface area contributed by atoms with E-state index in [1.807, 2.05) is 0 Å². The molecule has 16 rings (SSSR count). The zero-order valence-electron chi connectivity index (χ0n) is 41.6. The average Bonchev–Trinajstić information content (AvgIpc) is 4.19. The molecule has 0 saturated heterocycles. The Bertz CT molecular complexity index is 4410. The van der Waals surface area contributed by atoms with Gasteiger partial charge in [0.05, 0.1) is 33.2 Å². The number of benzene rings is 12. The molecule has 0 radical (unpaired) electrons. The monoisotopic (exact) mass is 964 g/mol. The minimum atomic E-state index is -0.547. The molecule has 3 aliphatic rings. The highest BCUT2D eigenvalue weighted by Crippen LogP contribution is 2.63. The van der Waals surface area contributed by atoms with Crippen molar-refractivity contribution < 1.29 is 0 Å². The molecule has 0 saturated carbocycles. The van der Waals surface area contributed by atoms with E-state index in [0.29, 0.717) is 0 Å². The van der Waals surface area contributed by atoms with Crippen molar-refractivity contribution in [3.63, 3.8) is 0 Å². The second kappa shape index (κ2) is 16.4. The van der Waals surface area contributed by atoms with Crippen molar-refractivity contribution in [2.45, 2.75) is 10.8 Å². The van der Waals surface area contributed by atoms with Crippen LogP contribution < -0.4 is 4.90 Å². The molecule has 2 nitrogen and oxygen atoms in total. The lowest BCUT2D eigenvalue weighted by Gasteiger charge is -2.39. The van der Waals surface area contributed by atoms with Gasteiger partial charge in [-0.1, -0.05) is 243 Å². The molecule has 1 aliphatic heterocycles. The van der Waals surface area contributed by atoms with Gasteiger partial charge in [0.1, 0.15) is 0 Å². The Morgan fingerprint density at radius 1 is 0.289 bits per heavy atom. The molecule has 1 unspecified atom stereocenters. The quantitative estimate of drug-likeness (QED) is 0.155. The van der Waals surface area contributed by atoms with Gasteiger partial charge in [0.2, 0.25) is 0 Å². The molecule has 0 bridgehead atoms. The van der Waals surface area contributed by atoms with Crippen LogP contribution in [0.2, 0.25) is 0 Å². The summed E-state index contributed by atoms with van der Waals surface area (Å²) in [4.78, 5) is 2.50. The van der Waals surface area contributed by atoms with E-state index in [4.69, 9.17) is 0 Å². The van der Waals surface area contributed by atoms with Crippen LogP contribution in [0.15, 0.2) is 291 Å². The first kappa shape index (κ1) is 42.7. The van der Waals surface area contributed by atoms with Crippen molar-refractivity contribution in [2.75, 3.05) is 4.90 Å². The summed E-state index contributed by atoms with van der Waals surface area (Å²) in [6, 6.07) is 109. The second-order valence-corrected chi connectivity index (χ2v) is 20.7. The molecular weight excluding hydrogens is 917 g/mol. The highest BCUT2D eigenvalue weighted by Gasteiger charge is 2.51. The molecule has 1 spiro atoms. The van der Waals surface area contributed by atoms with E-state index in [1.165, 1.54) is 111 Å². The van der Waals surface area contributed by atoms with Crippen molar-refractivity contribution >= 4 is 38.9 Å². The third-order valence-electron chi connectivity index (χ3n) is 17.1. The van der Waals surface area contributed by atoms with Crippen molar-refractivity contribution in [3.8, 4) is 50.2 Å². The van der Waals surface area contributed by atoms with Gasteiger partial charge in [-0.2, -0.15) is 0 Å². The standard InChI is InChI=1S/C74H48N2/c1-4-21-49(22-5-1)50-41-44-55(45-42-50)75(70-40-20-36-65-71(70)61-31-11-14-34-63(61)73(65,53-24-6-2-7-25-53)54-26-8-3-9-27-54)56-28-18-23-51(47-56)52-43-46-58-57-29-10-13-33-62(57)74(67(58)48-52)64-35-15-17-39-69(64)76-68-38-16-12-30-59(68)60-32-19-37-66(74)72(60)76/h1-48H. The third kappa shape index (κ3) is 5.76. The summed E-state index contributed by atoms with van der Waals surface area (Å²) in [5.41, 5.74) is 26.1. The van der Waals surface area contributed by atoms with E-state index in [-0.39, 0.29) is 0 Å². The van der Waals surface area contributed by atoms with Crippen molar-refractivity contribution in [3.05, 3.63) is 336 Å². The average molecular weight is 965 g/mol. The van der Waals surface area contributed by atoms with Gasteiger partial charge in [-0.25, -0.2) is 0 Å². The molecular formula is C74H48N2. The molecule has 2 heteroatoms. The number of hydrogen-bond acceptors (Lipinski definition) is 1. The largest absolute Gasteiger partial charge is 0.310 e. The lowest BCUT2D eigenvalue weighted by molar-refractivity contribution is 0.749. The first-order chi connectivity index (χ1) is 37.7. The summed E-state index contributed by atoms with van der Waals surface area (Å²) in [6.07, 6.45) is 0. The molecule has 0 fully saturated rings. The molecule has 2 heterocycles. The summed E-state index contributed by atoms with van der Waals surface area (Å²) >= 11 is 0. The minimum absolute atomic E-state index is 0.538. The number of hydrogen-bond donors (Lipinski definition) is 0. The Hall–Kier alpha value is -9.76. The van der Waals surface area contributed by atoms with Gasteiger partial charge in [0.15, 0.2) is 0 Å². The molecule has 0 N–H and O–H groups in total. The Morgan fingerprint density at radius 2 is 0.816 bits per heavy atom. The van der Waals surface area contributed by atoms with Gasteiger partial charge in [0.25, 0.3) is 0 Å². The topological polar surface area (TPSA) is 8.17 Å². The summed E-state index contributed by atoms with van der Waals surface area (Å²) in [5, 5.41) is 2.56. The van der Waals surface area contributed by atoms with E-state index >= 15 is 0 Å². The smallest absolute Gasteiger partial charge is 0.0754 e. The highest BCUT2D eigenvalue weighted by atomic mass is 15.1. The number of aromatic nitrogens is 1. The van der Waals surface area contributed by atoms with Crippen LogP contribution in [0.5, 0.6) is 0 Å². The van der Waals surface area contributed by atoms with Gasteiger partial charge in [0, 0.05) is 27.7 Å². The molecule has 1 aromatic heterocycles. The lowest BCUT2D eigenvalue weighted by Crippen LogP contribution is -2.33. The first-order valence-electron chi connectivity index (χ1n) is 26.5. The number of anilines is 3. The fourth-order valence-corrected chi connectivity index (χ4v) is 14.1. The number of para-hydroxylation sites is 3. The molecule has 13 aromatic rings. The predicted molar refractivity (Wildman–Crippen MR) is 315 cm³/mol. The van der Waals surface area contributed by atoms with Crippen LogP contribution >= 0.6 is 0 Å². The highest BCUT2D eigenvalue weighted by molar-refractivity contribution is 6.13. The van der Waals surface area contributed by atoms with E-state index < -0.39 is 10.8 Å². The van der Waals surface area contributed by atoms with Crippen molar-refractivity contribution in [1.29, 1.82) is 0 Å². The van der Waals surface area contributed by atoms with Gasteiger partial charge in [-0.15, -0.1) is 0 Å². The predicted octanol–water partition coefficient (Wildman–Crippen LogP) is 18.6. The fraction of sp³-hybridized carbons (Fsp3) is 0.0270. The normalized spacial score (nSPS) is 15.0. The summed E-state index contributed by atoms with van der Waals surface area (Å²) in [7, 11) is 0. The number of fused-ring (bicyclic) bond motifs is 15. The van der Waals surface area contributed by atoms with Crippen LogP contribution in [-0.4, -0.2) is 4.57 Å². The van der Waals surface area contributed by atoms with E-state index in [1.54, 1.807) is 0 Å². The number of nitrogens with zero attached hydrogens (tertiary/aromatic N) is 2. The Kier molecular flexibility index (Phi) is 9.20. The molecule has 76 heavy (non-hydrogen) atoms. The van der Waals surface area contributed by atoms with Crippen molar-refractivity contribution in [2.24, 2.45) is 0 Å². The summed E-state index contributed by atoms with van der Waals surface area (Å²) in [6.45, 7) is 0. The van der Waals surface area contributed by atoms with Gasteiger partial charge >= 0.3 is 0 Å². The van der Waals surface area contributed by atoms with Gasteiger partial charge in [-0.05, 0) is 132 Å². The van der Waals surface area contributed by atoms with Crippen molar-refractivity contribution in [1.82, 2.24) is 4.57 Å². The maximum Gasteiger partial charge on any atom is 0.0754 e. The Morgan fingerprint density at radius 3 is 1.59 bits per heavy atom. The molecule has 12 aromatic carbocycles. The Balaban J connectivity index is 0.923.